The van der Waals surface area contributed by atoms with E-state index in [2.05, 4.69) is 38.0 Å². The smallest absolute Gasteiger partial charge is 0.123 e. The molecule has 1 fully saturated rings. The molecule has 0 aliphatic carbocycles. The van der Waals surface area contributed by atoms with Crippen LogP contribution in [-0.2, 0) is 7.05 Å². The number of aliphatic hydroxyl groups excluding tert-OH is 1. The Bertz CT molecular complexity index is 1230. The van der Waals surface area contributed by atoms with Gasteiger partial charge in [0.1, 0.15) is 5.82 Å². The molecule has 1 saturated heterocycles. The third-order valence-corrected chi connectivity index (χ3v) is 6.15. The van der Waals surface area contributed by atoms with Crippen molar-refractivity contribution in [2.45, 2.75) is 0 Å². The summed E-state index contributed by atoms with van der Waals surface area (Å²) in [4.78, 5) is 13.9. The monoisotopic (exact) mass is 431 g/mol. The molecule has 1 aliphatic rings. The van der Waals surface area contributed by atoms with Gasteiger partial charge < -0.3 is 14.6 Å². The second kappa shape index (κ2) is 8.68. The van der Waals surface area contributed by atoms with E-state index in [4.69, 9.17) is 5.11 Å². The molecule has 6 nitrogen and oxygen atoms in total. The maximum absolute atomic E-state index is 13.4. The lowest BCUT2D eigenvalue weighted by Gasteiger charge is -2.35. The molecule has 3 heterocycles. The van der Waals surface area contributed by atoms with Crippen molar-refractivity contribution in [3.63, 3.8) is 0 Å². The zero-order valence-electron chi connectivity index (χ0n) is 18.1. The molecule has 2 aromatic carbocycles. The van der Waals surface area contributed by atoms with Crippen LogP contribution in [0.15, 0.2) is 61.1 Å². The number of nitrogens with zero attached hydrogens (tertiary/aromatic N) is 5. The highest BCUT2D eigenvalue weighted by atomic mass is 19.1. The van der Waals surface area contributed by atoms with Gasteiger partial charge in [-0.15, -0.1) is 0 Å². The molecule has 0 radical (unpaired) electrons. The number of aromatic nitrogens is 3. The van der Waals surface area contributed by atoms with Gasteiger partial charge in [-0.05, 0) is 42.5 Å². The van der Waals surface area contributed by atoms with Gasteiger partial charge in [-0.2, -0.15) is 0 Å². The minimum Gasteiger partial charge on any atom is -0.395 e. The van der Waals surface area contributed by atoms with Crippen molar-refractivity contribution in [1.29, 1.82) is 0 Å². The second-order valence-electron chi connectivity index (χ2n) is 8.21. The molecule has 32 heavy (non-hydrogen) atoms. The van der Waals surface area contributed by atoms with E-state index < -0.39 is 0 Å². The van der Waals surface area contributed by atoms with Gasteiger partial charge >= 0.3 is 0 Å². The number of hydrogen-bond donors (Lipinski definition) is 1. The zero-order chi connectivity index (χ0) is 22.1. The highest BCUT2D eigenvalue weighted by Gasteiger charge is 2.18. The summed E-state index contributed by atoms with van der Waals surface area (Å²) in [5.41, 5.74) is 5.81. The summed E-state index contributed by atoms with van der Waals surface area (Å²) in [6.45, 7) is 4.65. The van der Waals surface area contributed by atoms with Crippen molar-refractivity contribution in [3.8, 4) is 22.5 Å². The van der Waals surface area contributed by atoms with Crippen LogP contribution in [-0.4, -0.2) is 63.9 Å². The molecule has 0 spiro atoms. The summed E-state index contributed by atoms with van der Waals surface area (Å²) in [6.07, 6.45) is 3.73. The Labute approximate surface area is 186 Å². The Hall–Kier alpha value is -3.29. The summed E-state index contributed by atoms with van der Waals surface area (Å²) in [6, 6.07) is 14.9. The number of β-amino-alcohol motifs (C(OH)–C–C–N with tert-alkyl or cyclic N) is 1. The van der Waals surface area contributed by atoms with Gasteiger partial charge in [0.05, 0.1) is 41.7 Å². The van der Waals surface area contributed by atoms with Crippen molar-refractivity contribution in [1.82, 2.24) is 19.4 Å². The third kappa shape index (κ3) is 3.97. The number of anilines is 1. The first-order chi connectivity index (χ1) is 15.6. The molecule has 1 N–H and O–H groups in total. The summed E-state index contributed by atoms with van der Waals surface area (Å²) in [7, 11) is 1.97. The van der Waals surface area contributed by atoms with Crippen LogP contribution < -0.4 is 4.90 Å². The number of hydrogen-bond acceptors (Lipinski definition) is 5. The molecule has 0 bridgehead atoms. The van der Waals surface area contributed by atoms with Gasteiger partial charge in [0, 0.05) is 56.3 Å². The molecule has 0 unspecified atom stereocenters. The van der Waals surface area contributed by atoms with Crippen molar-refractivity contribution in [2.75, 3.05) is 44.2 Å². The van der Waals surface area contributed by atoms with E-state index in [-0.39, 0.29) is 12.4 Å². The van der Waals surface area contributed by atoms with E-state index in [9.17, 15) is 4.39 Å². The number of rotatable bonds is 5. The Morgan fingerprint density at radius 1 is 0.938 bits per heavy atom. The van der Waals surface area contributed by atoms with Crippen LogP contribution >= 0.6 is 0 Å². The SMILES string of the molecule is Cn1cnc(-c2ccc(F)cc2)c1-c1ccc2ncc(N3CCN(CCO)CC3)cc2c1. The second-order valence-corrected chi connectivity index (χ2v) is 8.21. The summed E-state index contributed by atoms with van der Waals surface area (Å²) >= 11 is 0. The fourth-order valence-electron chi connectivity index (χ4n) is 4.40. The number of imidazole rings is 1. The van der Waals surface area contributed by atoms with Crippen LogP contribution in [0, 0.1) is 5.82 Å². The zero-order valence-corrected chi connectivity index (χ0v) is 18.1. The van der Waals surface area contributed by atoms with Gasteiger partial charge in [0.2, 0.25) is 0 Å². The molecule has 4 aromatic rings. The van der Waals surface area contributed by atoms with Crippen LogP contribution in [0.25, 0.3) is 33.4 Å². The van der Waals surface area contributed by atoms with E-state index >= 15 is 0 Å². The predicted octanol–water partition coefficient (Wildman–Crippen LogP) is 3.56. The first kappa shape index (κ1) is 20.6. The van der Waals surface area contributed by atoms with Crippen LogP contribution in [0.3, 0.4) is 0 Å². The van der Waals surface area contributed by atoms with Crippen LogP contribution in [0.5, 0.6) is 0 Å². The lowest BCUT2D eigenvalue weighted by Crippen LogP contribution is -2.47. The van der Waals surface area contributed by atoms with Gasteiger partial charge in [-0.3, -0.25) is 9.88 Å². The Balaban J connectivity index is 1.48. The van der Waals surface area contributed by atoms with Gasteiger partial charge in [-0.1, -0.05) is 6.07 Å². The number of aliphatic hydroxyl groups is 1. The van der Waals surface area contributed by atoms with E-state index in [1.54, 1.807) is 18.5 Å². The summed E-state index contributed by atoms with van der Waals surface area (Å²) in [5.74, 6) is -0.257. The largest absolute Gasteiger partial charge is 0.395 e. The topological polar surface area (TPSA) is 57.4 Å². The van der Waals surface area contributed by atoms with Gasteiger partial charge in [-0.25, -0.2) is 9.37 Å². The maximum Gasteiger partial charge on any atom is 0.123 e. The molecule has 7 heteroatoms. The fourth-order valence-corrected chi connectivity index (χ4v) is 4.40. The number of pyridine rings is 1. The highest BCUT2D eigenvalue weighted by Crippen LogP contribution is 2.33. The minimum absolute atomic E-state index is 0.203. The molecular weight excluding hydrogens is 405 g/mol. The first-order valence-electron chi connectivity index (χ1n) is 10.9. The molecule has 0 amide bonds. The number of aryl methyl sites for hydroxylation is 1. The van der Waals surface area contributed by atoms with E-state index in [1.807, 2.05) is 23.9 Å². The molecule has 5 rings (SSSR count). The van der Waals surface area contributed by atoms with Crippen molar-refractivity contribution < 1.29 is 9.50 Å². The average molecular weight is 432 g/mol. The molecule has 1 aliphatic heterocycles. The Kier molecular flexibility index (Phi) is 5.59. The Morgan fingerprint density at radius 2 is 1.69 bits per heavy atom. The number of benzene rings is 2. The molecule has 0 atom stereocenters. The highest BCUT2D eigenvalue weighted by molar-refractivity contribution is 5.89. The summed E-state index contributed by atoms with van der Waals surface area (Å²) < 4.78 is 15.4. The standard InChI is InChI=1S/C25H26FN5O/c1-29-17-28-24(18-2-5-21(26)6-3-18)25(29)19-4-7-23-20(14-19)15-22(16-27-23)31-10-8-30(9-11-31)12-13-32/h2-7,14-17,32H,8-13H2,1H3. The van der Waals surface area contributed by atoms with Crippen molar-refractivity contribution >= 4 is 16.6 Å². The minimum atomic E-state index is -0.257. The normalized spacial score (nSPS) is 14.9. The molecule has 2 aromatic heterocycles. The number of piperazine rings is 1. The van der Waals surface area contributed by atoms with Crippen LogP contribution in [0.1, 0.15) is 0 Å². The van der Waals surface area contributed by atoms with Crippen molar-refractivity contribution in [2.24, 2.45) is 7.05 Å². The Morgan fingerprint density at radius 3 is 2.44 bits per heavy atom. The molecule has 164 valence electrons. The van der Waals surface area contributed by atoms with Gasteiger partial charge in [0.15, 0.2) is 0 Å². The van der Waals surface area contributed by atoms with Crippen LogP contribution in [0.4, 0.5) is 10.1 Å². The average Bonchev–Trinajstić information content (AvgIpc) is 3.21. The predicted molar refractivity (Wildman–Crippen MR) is 125 cm³/mol. The lowest BCUT2D eigenvalue weighted by atomic mass is 10.0. The first-order valence-corrected chi connectivity index (χ1v) is 10.9. The quantitative estimate of drug-likeness (QED) is 0.524. The van der Waals surface area contributed by atoms with Crippen LogP contribution in [0.2, 0.25) is 0 Å². The molecule has 0 saturated carbocycles. The number of halogens is 1. The van der Waals surface area contributed by atoms with Gasteiger partial charge in [0.25, 0.3) is 0 Å². The molecular formula is C25H26FN5O. The van der Waals surface area contributed by atoms with Crippen molar-refractivity contribution in [3.05, 3.63) is 66.9 Å². The number of fused-ring (bicyclic) bond motifs is 1. The van der Waals surface area contributed by atoms with E-state index in [0.717, 1.165) is 71.8 Å². The van der Waals surface area contributed by atoms with E-state index in [0.29, 0.717) is 0 Å². The fraction of sp³-hybridized carbons (Fsp3) is 0.280. The van der Waals surface area contributed by atoms with E-state index in [1.165, 1.54) is 12.1 Å². The summed E-state index contributed by atoms with van der Waals surface area (Å²) in [5, 5.41) is 10.2. The maximum atomic E-state index is 13.4. The third-order valence-electron chi connectivity index (χ3n) is 6.15. The lowest BCUT2D eigenvalue weighted by molar-refractivity contribution is 0.189.